The van der Waals surface area contributed by atoms with E-state index in [4.69, 9.17) is 0 Å². The molecule has 2 N–H and O–H groups in total. The van der Waals surface area contributed by atoms with Gasteiger partial charge in [-0.3, -0.25) is 9.59 Å². The van der Waals surface area contributed by atoms with Crippen LogP contribution < -0.4 is 10.6 Å². The van der Waals surface area contributed by atoms with Crippen molar-refractivity contribution < 1.29 is 9.59 Å². The highest BCUT2D eigenvalue weighted by Crippen LogP contribution is 2.22. The first-order valence-electron chi connectivity index (χ1n) is 10.6. The minimum atomic E-state index is -0.108. The highest BCUT2D eigenvalue weighted by molar-refractivity contribution is 5.95. The standard InChI is InChI=1S/C27H30N2O2/c1-27(2,3)24-15-13-23(14-16-24)26(31)29-19-21-9-11-22(12-10-21)25(30)28-18-17-20-7-5-4-6-8-20/h4-16H,17-19H2,1-3H3,(H,28,30)(H,29,31). The molecule has 3 rings (SSSR count). The van der Waals surface area contributed by atoms with Crippen LogP contribution in [0.1, 0.15) is 58.2 Å². The van der Waals surface area contributed by atoms with Crippen molar-refractivity contribution in [1.29, 1.82) is 0 Å². The Balaban J connectivity index is 1.47. The Morgan fingerprint density at radius 2 is 1.23 bits per heavy atom. The normalized spacial score (nSPS) is 11.1. The zero-order chi connectivity index (χ0) is 22.3. The topological polar surface area (TPSA) is 58.2 Å². The molecule has 160 valence electrons. The zero-order valence-corrected chi connectivity index (χ0v) is 18.4. The summed E-state index contributed by atoms with van der Waals surface area (Å²) in [4.78, 5) is 24.7. The maximum absolute atomic E-state index is 12.4. The molecule has 0 heterocycles. The van der Waals surface area contributed by atoms with Gasteiger partial charge in [0.25, 0.3) is 11.8 Å². The van der Waals surface area contributed by atoms with Gasteiger partial charge in [-0.15, -0.1) is 0 Å². The van der Waals surface area contributed by atoms with Crippen LogP contribution in [0.4, 0.5) is 0 Å². The molecule has 0 atom stereocenters. The molecule has 4 heteroatoms. The molecule has 0 saturated carbocycles. The quantitative estimate of drug-likeness (QED) is 0.578. The van der Waals surface area contributed by atoms with Gasteiger partial charge < -0.3 is 10.6 Å². The zero-order valence-electron chi connectivity index (χ0n) is 18.4. The second kappa shape index (κ2) is 10.1. The van der Waals surface area contributed by atoms with Crippen molar-refractivity contribution in [2.45, 2.75) is 39.2 Å². The summed E-state index contributed by atoms with van der Waals surface area (Å²) in [6.07, 6.45) is 0.799. The Labute approximate surface area is 184 Å². The lowest BCUT2D eigenvalue weighted by Gasteiger charge is -2.19. The van der Waals surface area contributed by atoms with E-state index in [1.54, 1.807) is 12.1 Å². The smallest absolute Gasteiger partial charge is 0.251 e. The Kier molecular flexibility index (Phi) is 7.24. The van der Waals surface area contributed by atoms with Gasteiger partial charge in [-0.05, 0) is 52.8 Å². The maximum atomic E-state index is 12.4. The van der Waals surface area contributed by atoms with Crippen LogP contribution >= 0.6 is 0 Å². The molecule has 0 aliphatic carbocycles. The number of rotatable bonds is 7. The molecule has 31 heavy (non-hydrogen) atoms. The first-order valence-corrected chi connectivity index (χ1v) is 10.6. The van der Waals surface area contributed by atoms with E-state index in [1.165, 1.54) is 11.1 Å². The molecule has 4 nitrogen and oxygen atoms in total. The highest BCUT2D eigenvalue weighted by Gasteiger charge is 2.14. The largest absolute Gasteiger partial charge is 0.352 e. The molecular weight excluding hydrogens is 384 g/mol. The number of nitrogens with one attached hydrogen (secondary N) is 2. The van der Waals surface area contributed by atoms with Crippen LogP contribution in [0.5, 0.6) is 0 Å². The van der Waals surface area contributed by atoms with E-state index >= 15 is 0 Å². The Hall–Kier alpha value is -3.40. The molecule has 0 radical (unpaired) electrons. The molecule has 0 fully saturated rings. The molecule has 0 aliphatic heterocycles. The Morgan fingerprint density at radius 1 is 0.677 bits per heavy atom. The van der Waals surface area contributed by atoms with Crippen LogP contribution in [0.25, 0.3) is 0 Å². The number of benzene rings is 3. The van der Waals surface area contributed by atoms with Gasteiger partial charge in [0, 0.05) is 24.2 Å². The van der Waals surface area contributed by atoms with Crippen molar-refractivity contribution in [1.82, 2.24) is 10.6 Å². The molecule has 0 unspecified atom stereocenters. The molecule has 0 saturated heterocycles. The van der Waals surface area contributed by atoms with Crippen molar-refractivity contribution in [2.24, 2.45) is 0 Å². The molecule has 3 aromatic carbocycles. The van der Waals surface area contributed by atoms with Crippen molar-refractivity contribution >= 4 is 11.8 Å². The number of carbonyl (C=O) groups excluding carboxylic acids is 2. The average molecular weight is 415 g/mol. The van der Waals surface area contributed by atoms with Gasteiger partial charge in [-0.25, -0.2) is 0 Å². The number of amides is 2. The predicted molar refractivity (Wildman–Crippen MR) is 125 cm³/mol. The summed E-state index contributed by atoms with van der Waals surface area (Å²) in [5.41, 5.74) is 4.65. The average Bonchev–Trinajstić information content (AvgIpc) is 2.78. The molecule has 0 aliphatic rings. The van der Waals surface area contributed by atoms with Crippen LogP contribution in [0, 0.1) is 0 Å². The number of hydrogen-bond acceptors (Lipinski definition) is 2. The third-order valence-electron chi connectivity index (χ3n) is 5.22. The number of hydrogen-bond donors (Lipinski definition) is 2. The highest BCUT2D eigenvalue weighted by atomic mass is 16.2. The lowest BCUT2D eigenvalue weighted by molar-refractivity contribution is 0.0943. The van der Waals surface area contributed by atoms with Crippen LogP contribution in [0.15, 0.2) is 78.9 Å². The fourth-order valence-corrected chi connectivity index (χ4v) is 3.25. The molecule has 0 spiro atoms. The minimum absolute atomic E-state index is 0.0601. The van der Waals surface area contributed by atoms with E-state index in [0.717, 1.165) is 12.0 Å². The Bertz CT molecular complexity index is 1000. The first-order chi connectivity index (χ1) is 14.8. The lowest BCUT2D eigenvalue weighted by atomic mass is 9.87. The van der Waals surface area contributed by atoms with Gasteiger partial charge in [0.15, 0.2) is 0 Å². The second-order valence-corrected chi connectivity index (χ2v) is 8.70. The monoisotopic (exact) mass is 414 g/mol. The number of carbonyl (C=O) groups is 2. The molecular formula is C27H30N2O2. The van der Waals surface area contributed by atoms with Crippen molar-refractivity contribution in [2.75, 3.05) is 6.54 Å². The van der Waals surface area contributed by atoms with E-state index in [1.807, 2.05) is 66.7 Å². The predicted octanol–water partition coefficient (Wildman–Crippen LogP) is 4.89. The van der Waals surface area contributed by atoms with E-state index in [2.05, 4.69) is 31.4 Å². The van der Waals surface area contributed by atoms with Gasteiger partial charge in [-0.1, -0.05) is 75.4 Å². The van der Waals surface area contributed by atoms with E-state index in [0.29, 0.717) is 24.2 Å². The third kappa shape index (κ3) is 6.54. The van der Waals surface area contributed by atoms with E-state index in [-0.39, 0.29) is 17.2 Å². The van der Waals surface area contributed by atoms with Crippen LogP contribution in [0.3, 0.4) is 0 Å². The van der Waals surface area contributed by atoms with Crippen LogP contribution in [-0.2, 0) is 18.4 Å². The van der Waals surface area contributed by atoms with E-state index < -0.39 is 0 Å². The van der Waals surface area contributed by atoms with Gasteiger partial charge >= 0.3 is 0 Å². The Morgan fingerprint density at radius 3 is 1.81 bits per heavy atom. The summed E-state index contributed by atoms with van der Waals surface area (Å²) < 4.78 is 0. The summed E-state index contributed by atoms with van der Waals surface area (Å²) in [7, 11) is 0. The third-order valence-corrected chi connectivity index (χ3v) is 5.22. The van der Waals surface area contributed by atoms with Crippen LogP contribution in [0.2, 0.25) is 0 Å². The van der Waals surface area contributed by atoms with Crippen molar-refractivity contribution in [3.8, 4) is 0 Å². The minimum Gasteiger partial charge on any atom is -0.352 e. The van der Waals surface area contributed by atoms with Crippen molar-refractivity contribution in [3.63, 3.8) is 0 Å². The van der Waals surface area contributed by atoms with Crippen LogP contribution in [-0.4, -0.2) is 18.4 Å². The summed E-state index contributed by atoms with van der Waals surface area (Å²) in [5.74, 6) is -0.200. The van der Waals surface area contributed by atoms with Gasteiger partial charge in [0.1, 0.15) is 0 Å². The molecule has 2 amide bonds. The lowest BCUT2D eigenvalue weighted by Crippen LogP contribution is -2.26. The molecule has 0 bridgehead atoms. The summed E-state index contributed by atoms with van der Waals surface area (Å²) in [5, 5.41) is 5.88. The summed E-state index contributed by atoms with van der Waals surface area (Å²) in [6, 6.07) is 25.1. The van der Waals surface area contributed by atoms with E-state index in [9.17, 15) is 9.59 Å². The second-order valence-electron chi connectivity index (χ2n) is 8.70. The SMILES string of the molecule is CC(C)(C)c1ccc(C(=O)NCc2ccc(C(=O)NCCc3ccccc3)cc2)cc1. The summed E-state index contributed by atoms with van der Waals surface area (Å²) >= 11 is 0. The molecule has 0 aromatic heterocycles. The fraction of sp³-hybridized carbons (Fsp3) is 0.259. The molecule has 3 aromatic rings. The summed E-state index contributed by atoms with van der Waals surface area (Å²) in [6.45, 7) is 7.45. The fourth-order valence-electron chi connectivity index (χ4n) is 3.25. The maximum Gasteiger partial charge on any atom is 0.251 e. The van der Waals surface area contributed by atoms with Gasteiger partial charge in [-0.2, -0.15) is 0 Å². The van der Waals surface area contributed by atoms with Gasteiger partial charge in [0.2, 0.25) is 0 Å². The van der Waals surface area contributed by atoms with Crippen molar-refractivity contribution in [3.05, 3.63) is 107 Å². The van der Waals surface area contributed by atoms with Gasteiger partial charge in [0.05, 0.1) is 0 Å². The first kappa shape index (κ1) is 22.3.